The van der Waals surface area contributed by atoms with E-state index in [2.05, 4.69) is 5.32 Å². The number of carbonyl (C=O) groups is 2. The molecular formula is C18H15ClFNO3. The molecule has 2 aromatic rings. The molecule has 0 aliphatic carbocycles. The summed E-state index contributed by atoms with van der Waals surface area (Å²) in [5, 5.41) is 3.14. The third-order valence-electron chi connectivity index (χ3n) is 3.01. The van der Waals surface area contributed by atoms with E-state index in [0.717, 1.165) is 11.1 Å². The summed E-state index contributed by atoms with van der Waals surface area (Å²) in [6.07, 6.45) is 2.77. The van der Waals surface area contributed by atoms with Crippen LogP contribution in [-0.2, 0) is 20.9 Å². The molecule has 124 valence electrons. The van der Waals surface area contributed by atoms with Crippen molar-refractivity contribution in [2.45, 2.75) is 6.54 Å². The van der Waals surface area contributed by atoms with Gasteiger partial charge in [0.25, 0.3) is 5.91 Å². The van der Waals surface area contributed by atoms with Gasteiger partial charge in [-0.05, 0) is 41.5 Å². The molecule has 0 fully saturated rings. The second-order valence-electron chi connectivity index (χ2n) is 4.90. The average molecular weight is 348 g/mol. The zero-order chi connectivity index (χ0) is 17.4. The lowest BCUT2D eigenvalue weighted by Crippen LogP contribution is -2.28. The van der Waals surface area contributed by atoms with Crippen molar-refractivity contribution in [1.82, 2.24) is 5.32 Å². The standard InChI is InChI=1S/C18H15ClFNO3/c19-15-3-1-2-13(10-15)6-9-18(23)24-12-17(22)21-11-14-4-7-16(20)8-5-14/h1-10H,11-12H2,(H,21,22)/b9-6+. The van der Waals surface area contributed by atoms with Crippen molar-refractivity contribution in [3.05, 3.63) is 76.6 Å². The first-order valence-electron chi connectivity index (χ1n) is 7.14. The van der Waals surface area contributed by atoms with Crippen molar-refractivity contribution in [3.63, 3.8) is 0 Å². The van der Waals surface area contributed by atoms with E-state index in [1.807, 2.05) is 0 Å². The molecule has 2 rings (SSSR count). The number of amides is 1. The fraction of sp³-hybridized carbons (Fsp3) is 0.111. The molecular weight excluding hydrogens is 333 g/mol. The molecule has 2 aromatic carbocycles. The van der Waals surface area contributed by atoms with Crippen LogP contribution in [-0.4, -0.2) is 18.5 Å². The van der Waals surface area contributed by atoms with Crippen molar-refractivity contribution < 1.29 is 18.7 Å². The fourth-order valence-electron chi connectivity index (χ4n) is 1.81. The van der Waals surface area contributed by atoms with E-state index in [0.29, 0.717) is 5.02 Å². The van der Waals surface area contributed by atoms with Gasteiger partial charge in [0.1, 0.15) is 5.82 Å². The molecule has 6 heteroatoms. The van der Waals surface area contributed by atoms with E-state index in [1.54, 1.807) is 42.5 Å². The van der Waals surface area contributed by atoms with E-state index in [4.69, 9.17) is 16.3 Å². The van der Waals surface area contributed by atoms with Crippen LogP contribution in [0, 0.1) is 5.82 Å². The lowest BCUT2D eigenvalue weighted by molar-refractivity contribution is -0.143. The van der Waals surface area contributed by atoms with Crippen LogP contribution in [0.1, 0.15) is 11.1 Å². The molecule has 0 saturated carbocycles. The third-order valence-corrected chi connectivity index (χ3v) is 3.24. The second kappa shape index (κ2) is 8.84. The molecule has 0 aromatic heterocycles. The van der Waals surface area contributed by atoms with Crippen molar-refractivity contribution in [1.29, 1.82) is 0 Å². The molecule has 0 heterocycles. The minimum Gasteiger partial charge on any atom is -0.452 e. The normalized spacial score (nSPS) is 10.6. The van der Waals surface area contributed by atoms with Gasteiger partial charge < -0.3 is 10.1 Å². The monoisotopic (exact) mass is 347 g/mol. The highest BCUT2D eigenvalue weighted by Gasteiger charge is 2.05. The first kappa shape index (κ1) is 17.7. The highest BCUT2D eigenvalue weighted by molar-refractivity contribution is 6.30. The topological polar surface area (TPSA) is 55.4 Å². The van der Waals surface area contributed by atoms with Crippen molar-refractivity contribution in [2.24, 2.45) is 0 Å². The predicted molar refractivity (Wildman–Crippen MR) is 89.7 cm³/mol. The molecule has 1 amide bonds. The molecule has 0 spiro atoms. The van der Waals surface area contributed by atoms with Gasteiger partial charge >= 0.3 is 5.97 Å². The molecule has 0 radical (unpaired) electrons. The summed E-state index contributed by atoms with van der Waals surface area (Å²) in [5.41, 5.74) is 1.50. The van der Waals surface area contributed by atoms with Crippen LogP contribution >= 0.6 is 11.6 Å². The van der Waals surface area contributed by atoms with E-state index in [9.17, 15) is 14.0 Å². The van der Waals surface area contributed by atoms with Gasteiger partial charge in [-0.15, -0.1) is 0 Å². The molecule has 0 aliphatic rings. The minimum atomic E-state index is -0.632. The van der Waals surface area contributed by atoms with E-state index < -0.39 is 11.9 Å². The van der Waals surface area contributed by atoms with E-state index >= 15 is 0 Å². The van der Waals surface area contributed by atoms with Gasteiger partial charge in [0.05, 0.1) is 0 Å². The first-order valence-corrected chi connectivity index (χ1v) is 7.52. The van der Waals surface area contributed by atoms with Crippen LogP contribution in [0.5, 0.6) is 0 Å². The maximum absolute atomic E-state index is 12.8. The SMILES string of the molecule is O=C(COC(=O)/C=C/c1cccc(Cl)c1)NCc1ccc(F)cc1. The quantitative estimate of drug-likeness (QED) is 0.644. The largest absolute Gasteiger partial charge is 0.452 e. The highest BCUT2D eigenvalue weighted by Crippen LogP contribution is 2.11. The Hall–Kier alpha value is -2.66. The lowest BCUT2D eigenvalue weighted by atomic mass is 10.2. The Labute approximate surface area is 143 Å². The zero-order valence-electron chi connectivity index (χ0n) is 12.7. The van der Waals surface area contributed by atoms with Gasteiger partial charge in [-0.1, -0.05) is 35.9 Å². The van der Waals surface area contributed by atoms with Crippen molar-refractivity contribution in [3.8, 4) is 0 Å². The van der Waals surface area contributed by atoms with Crippen LogP contribution in [0.15, 0.2) is 54.6 Å². The van der Waals surface area contributed by atoms with Crippen LogP contribution in [0.2, 0.25) is 5.02 Å². The average Bonchev–Trinajstić information content (AvgIpc) is 2.57. The predicted octanol–water partition coefficient (Wildman–Crippen LogP) is 3.35. The van der Waals surface area contributed by atoms with Crippen LogP contribution in [0.3, 0.4) is 0 Å². The molecule has 0 saturated heterocycles. The number of carbonyl (C=O) groups excluding carboxylic acids is 2. The van der Waals surface area contributed by atoms with Crippen molar-refractivity contribution in [2.75, 3.05) is 6.61 Å². The second-order valence-corrected chi connectivity index (χ2v) is 5.34. The van der Waals surface area contributed by atoms with Crippen LogP contribution in [0.25, 0.3) is 6.08 Å². The summed E-state index contributed by atoms with van der Waals surface area (Å²) in [6.45, 7) is -0.158. The molecule has 4 nitrogen and oxygen atoms in total. The Kier molecular flexibility index (Phi) is 6.51. The molecule has 0 unspecified atom stereocenters. The van der Waals surface area contributed by atoms with E-state index in [-0.39, 0.29) is 19.0 Å². The Morgan fingerprint density at radius 1 is 1.17 bits per heavy atom. The number of rotatable bonds is 6. The number of nitrogens with one attached hydrogen (secondary N) is 1. The Morgan fingerprint density at radius 3 is 2.62 bits per heavy atom. The molecule has 0 aliphatic heterocycles. The number of ether oxygens (including phenoxy) is 1. The summed E-state index contributed by atoms with van der Waals surface area (Å²) in [4.78, 5) is 23.2. The van der Waals surface area contributed by atoms with Gasteiger partial charge in [-0.3, -0.25) is 4.79 Å². The molecule has 24 heavy (non-hydrogen) atoms. The molecule has 0 atom stereocenters. The summed E-state index contributed by atoms with van der Waals surface area (Å²) in [6, 6.07) is 12.7. The summed E-state index contributed by atoms with van der Waals surface area (Å²) >= 11 is 5.83. The molecule has 0 bridgehead atoms. The smallest absolute Gasteiger partial charge is 0.331 e. The van der Waals surface area contributed by atoms with Gasteiger partial charge in [0.15, 0.2) is 6.61 Å². The lowest BCUT2D eigenvalue weighted by Gasteiger charge is -2.05. The summed E-state index contributed by atoms with van der Waals surface area (Å²) in [7, 11) is 0. The van der Waals surface area contributed by atoms with Gasteiger partial charge in [-0.25, -0.2) is 9.18 Å². The number of esters is 1. The van der Waals surface area contributed by atoms with Crippen LogP contribution in [0.4, 0.5) is 4.39 Å². The van der Waals surface area contributed by atoms with Gasteiger partial charge in [0, 0.05) is 17.6 Å². The summed E-state index contributed by atoms with van der Waals surface area (Å²) in [5.74, 6) is -1.42. The number of hydrogen-bond acceptors (Lipinski definition) is 3. The number of hydrogen-bond donors (Lipinski definition) is 1. The maximum atomic E-state index is 12.8. The van der Waals surface area contributed by atoms with Crippen LogP contribution < -0.4 is 5.32 Å². The molecule has 1 N–H and O–H groups in total. The number of benzene rings is 2. The highest BCUT2D eigenvalue weighted by atomic mass is 35.5. The first-order chi connectivity index (χ1) is 11.5. The summed E-state index contributed by atoms with van der Waals surface area (Å²) < 4.78 is 17.6. The maximum Gasteiger partial charge on any atom is 0.331 e. The fourth-order valence-corrected chi connectivity index (χ4v) is 2.01. The van der Waals surface area contributed by atoms with E-state index in [1.165, 1.54) is 18.2 Å². The Bertz CT molecular complexity index is 744. The Morgan fingerprint density at radius 2 is 1.92 bits per heavy atom. The van der Waals surface area contributed by atoms with Gasteiger partial charge in [-0.2, -0.15) is 0 Å². The third kappa shape index (κ3) is 6.22. The van der Waals surface area contributed by atoms with Gasteiger partial charge in [0.2, 0.25) is 0 Å². The zero-order valence-corrected chi connectivity index (χ0v) is 13.4. The minimum absolute atomic E-state index is 0.231. The Balaban J connectivity index is 1.72. The number of halogens is 2. The van der Waals surface area contributed by atoms with Crippen molar-refractivity contribution >= 4 is 29.6 Å².